The summed E-state index contributed by atoms with van der Waals surface area (Å²) in [5.41, 5.74) is 1.96. The van der Waals surface area contributed by atoms with Gasteiger partial charge in [0.25, 0.3) is 0 Å². The number of rotatable bonds is 4. The Kier molecular flexibility index (Phi) is 3.49. The number of aromatic hydroxyl groups is 1. The van der Waals surface area contributed by atoms with E-state index in [9.17, 15) is 5.11 Å². The highest BCUT2D eigenvalue weighted by Gasteiger charge is 2.23. The van der Waals surface area contributed by atoms with E-state index >= 15 is 0 Å². The number of para-hydroxylation sites is 1. The third kappa shape index (κ3) is 2.38. The molecule has 1 aliphatic rings. The van der Waals surface area contributed by atoms with E-state index in [4.69, 9.17) is 0 Å². The summed E-state index contributed by atoms with van der Waals surface area (Å²) in [4.78, 5) is 0. The molecule has 0 radical (unpaired) electrons. The van der Waals surface area contributed by atoms with E-state index in [1.54, 1.807) is 0 Å². The van der Waals surface area contributed by atoms with Crippen molar-refractivity contribution < 1.29 is 5.11 Å². The largest absolute Gasteiger partial charge is 0.507 e. The van der Waals surface area contributed by atoms with E-state index in [0.717, 1.165) is 23.6 Å². The van der Waals surface area contributed by atoms with Crippen molar-refractivity contribution in [3.63, 3.8) is 0 Å². The Morgan fingerprint density at radius 2 is 2.19 bits per heavy atom. The highest BCUT2D eigenvalue weighted by atomic mass is 16.3. The standard InChI is InChI=1S/C14H21NO/c1-10-5-3-8-13(14(10)16)9-15-11(2)12-6-4-7-12/h3,5,8,11-12,15-16H,4,6-7,9H2,1-2H3. The number of phenols is 1. The quantitative estimate of drug-likeness (QED) is 0.816. The molecular weight excluding hydrogens is 198 g/mol. The summed E-state index contributed by atoms with van der Waals surface area (Å²) in [6.07, 6.45) is 4.09. The first-order valence-corrected chi connectivity index (χ1v) is 6.19. The van der Waals surface area contributed by atoms with Crippen LogP contribution >= 0.6 is 0 Å². The molecule has 0 saturated heterocycles. The summed E-state index contributed by atoms with van der Waals surface area (Å²) in [7, 11) is 0. The Balaban J connectivity index is 1.91. The van der Waals surface area contributed by atoms with Gasteiger partial charge in [-0.3, -0.25) is 0 Å². The van der Waals surface area contributed by atoms with Crippen molar-refractivity contribution in [3.05, 3.63) is 29.3 Å². The smallest absolute Gasteiger partial charge is 0.122 e. The molecule has 2 rings (SSSR count). The summed E-state index contributed by atoms with van der Waals surface area (Å²) >= 11 is 0. The van der Waals surface area contributed by atoms with Crippen LogP contribution in [0.3, 0.4) is 0 Å². The lowest BCUT2D eigenvalue weighted by atomic mass is 9.80. The van der Waals surface area contributed by atoms with E-state index in [1.165, 1.54) is 19.3 Å². The van der Waals surface area contributed by atoms with Gasteiger partial charge in [-0.2, -0.15) is 0 Å². The van der Waals surface area contributed by atoms with Crippen LogP contribution in [0.1, 0.15) is 37.3 Å². The van der Waals surface area contributed by atoms with Gasteiger partial charge in [-0.15, -0.1) is 0 Å². The van der Waals surface area contributed by atoms with Crippen molar-refractivity contribution in [2.75, 3.05) is 0 Å². The molecule has 1 aliphatic carbocycles. The van der Waals surface area contributed by atoms with E-state index < -0.39 is 0 Å². The molecule has 0 amide bonds. The maximum absolute atomic E-state index is 9.88. The second-order valence-corrected chi connectivity index (χ2v) is 4.94. The maximum atomic E-state index is 9.88. The topological polar surface area (TPSA) is 32.3 Å². The molecule has 1 atom stereocenters. The fraction of sp³-hybridized carbons (Fsp3) is 0.571. The molecule has 0 heterocycles. The molecule has 1 fully saturated rings. The zero-order chi connectivity index (χ0) is 11.5. The molecule has 1 aromatic carbocycles. The molecule has 16 heavy (non-hydrogen) atoms. The van der Waals surface area contributed by atoms with Crippen LogP contribution in [0.5, 0.6) is 5.75 Å². The molecule has 1 unspecified atom stereocenters. The van der Waals surface area contributed by atoms with Crippen LogP contribution < -0.4 is 5.32 Å². The minimum atomic E-state index is 0.441. The minimum Gasteiger partial charge on any atom is -0.507 e. The average molecular weight is 219 g/mol. The first kappa shape index (κ1) is 11.5. The molecule has 0 bridgehead atoms. The van der Waals surface area contributed by atoms with Crippen molar-refractivity contribution in [2.24, 2.45) is 5.92 Å². The predicted octanol–water partition coefficient (Wildman–Crippen LogP) is 2.98. The summed E-state index contributed by atoms with van der Waals surface area (Å²) < 4.78 is 0. The SMILES string of the molecule is Cc1cccc(CNC(C)C2CCC2)c1O. The Hall–Kier alpha value is -1.02. The molecule has 0 aromatic heterocycles. The summed E-state index contributed by atoms with van der Waals surface area (Å²) in [5.74, 6) is 1.28. The van der Waals surface area contributed by atoms with Crippen molar-refractivity contribution in [2.45, 2.75) is 45.7 Å². The number of phenolic OH excluding ortho intramolecular Hbond substituents is 1. The molecule has 1 aromatic rings. The van der Waals surface area contributed by atoms with Gasteiger partial charge < -0.3 is 10.4 Å². The summed E-state index contributed by atoms with van der Waals surface area (Å²) in [5, 5.41) is 13.4. The number of hydrogen-bond acceptors (Lipinski definition) is 2. The zero-order valence-corrected chi connectivity index (χ0v) is 10.2. The van der Waals surface area contributed by atoms with Crippen molar-refractivity contribution in [1.82, 2.24) is 5.32 Å². The second-order valence-electron chi connectivity index (χ2n) is 4.94. The van der Waals surface area contributed by atoms with Crippen molar-refractivity contribution in [3.8, 4) is 5.75 Å². The molecule has 1 saturated carbocycles. The average Bonchev–Trinajstić information content (AvgIpc) is 2.18. The number of hydrogen-bond donors (Lipinski definition) is 2. The fourth-order valence-corrected chi connectivity index (χ4v) is 2.24. The Morgan fingerprint density at radius 3 is 2.81 bits per heavy atom. The van der Waals surface area contributed by atoms with E-state index in [-0.39, 0.29) is 0 Å². The van der Waals surface area contributed by atoms with Gasteiger partial charge >= 0.3 is 0 Å². The van der Waals surface area contributed by atoms with Crippen molar-refractivity contribution >= 4 is 0 Å². The van der Waals surface area contributed by atoms with Gasteiger partial charge in [0.1, 0.15) is 5.75 Å². The summed E-state index contributed by atoms with van der Waals surface area (Å²) in [6.45, 7) is 4.95. The van der Waals surface area contributed by atoms with Crippen LogP contribution in [0.15, 0.2) is 18.2 Å². The Bertz CT molecular complexity index is 358. The van der Waals surface area contributed by atoms with Crippen LogP contribution in [-0.2, 0) is 6.54 Å². The second kappa shape index (κ2) is 4.88. The number of benzene rings is 1. The number of nitrogens with one attached hydrogen (secondary N) is 1. The van der Waals surface area contributed by atoms with Gasteiger partial charge in [-0.05, 0) is 38.2 Å². The van der Waals surface area contributed by atoms with Gasteiger partial charge in [-0.25, -0.2) is 0 Å². The highest BCUT2D eigenvalue weighted by Crippen LogP contribution is 2.29. The molecule has 0 aliphatic heterocycles. The van der Waals surface area contributed by atoms with Gasteiger partial charge in [0.15, 0.2) is 0 Å². The monoisotopic (exact) mass is 219 g/mol. The molecular formula is C14H21NO. The van der Waals surface area contributed by atoms with E-state index in [0.29, 0.717) is 11.8 Å². The normalized spacial score (nSPS) is 18.1. The molecule has 2 heteroatoms. The molecule has 2 N–H and O–H groups in total. The minimum absolute atomic E-state index is 0.441. The molecule has 0 spiro atoms. The highest BCUT2D eigenvalue weighted by molar-refractivity contribution is 5.39. The van der Waals surface area contributed by atoms with Gasteiger partial charge in [0, 0.05) is 18.2 Å². The van der Waals surface area contributed by atoms with Crippen LogP contribution in [0.2, 0.25) is 0 Å². The number of aryl methyl sites for hydroxylation is 1. The third-order valence-corrected chi connectivity index (χ3v) is 3.79. The first-order chi connectivity index (χ1) is 7.68. The molecule has 2 nitrogen and oxygen atoms in total. The van der Waals surface area contributed by atoms with Gasteiger partial charge in [0.2, 0.25) is 0 Å². The van der Waals surface area contributed by atoms with Gasteiger partial charge in [-0.1, -0.05) is 24.6 Å². The lowest BCUT2D eigenvalue weighted by Crippen LogP contribution is -2.36. The van der Waals surface area contributed by atoms with Crippen LogP contribution in [0.25, 0.3) is 0 Å². The van der Waals surface area contributed by atoms with Crippen molar-refractivity contribution in [1.29, 1.82) is 0 Å². The maximum Gasteiger partial charge on any atom is 0.122 e. The lowest BCUT2D eigenvalue weighted by molar-refractivity contribution is 0.239. The van der Waals surface area contributed by atoms with Crippen LogP contribution in [0, 0.1) is 12.8 Å². The van der Waals surface area contributed by atoms with E-state index in [2.05, 4.69) is 12.2 Å². The van der Waals surface area contributed by atoms with Crippen LogP contribution in [-0.4, -0.2) is 11.1 Å². The van der Waals surface area contributed by atoms with E-state index in [1.807, 2.05) is 25.1 Å². The zero-order valence-electron chi connectivity index (χ0n) is 10.2. The molecule has 88 valence electrons. The first-order valence-electron chi connectivity index (χ1n) is 6.19. The Morgan fingerprint density at radius 1 is 1.44 bits per heavy atom. The third-order valence-electron chi connectivity index (χ3n) is 3.79. The fourth-order valence-electron chi connectivity index (χ4n) is 2.24. The Labute approximate surface area is 97.7 Å². The van der Waals surface area contributed by atoms with Gasteiger partial charge in [0.05, 0.1) is 0 Å². The predicted molar refractivity (Wildman–Crippen MR) is 66.5 cm³/mol. The lowest BCUT2D eigenvalue weighted by Gasteiger charge is -2.32. The van der Waals surface area contributed by atoms with Crippen LogP contribution in [0.4, 0.5) is 0 Å². The summed E-state index contributed by atoms with van der Waals surface area (Å²) in [6, 6.07) is 6.49.